The summed E-state index contributed by atoms with van der Waals surface area (Å²) < 4.78 is 1.12. The van der Waals surface area contributed by atoms with Crippen LogP contribution in [0.1, 0.15) is 96.8 Å². The average molecular weight is 502 g/mol. The Morgan fingerprint density at radius 2 is 0.933 bits per heavy atom. The Kier molecular flexibility index (Phi) is 34.0. The highest BCUT2D eigenvalue weighted by Crippen LogP contribution is 2.13. The van der Waals surface area contributed by atoms with Crippen molar-refractivity contribution in [2.24, 2.45) is 0 Å². The van der Waals surface area contributed by atoms with Gasteiger partial charge in [0.15, 0.2) is 0 Å². The monoisotopic (exact) mass is 500 g/mol. The lowest BCUT2D eigenvalue weighted by molar-refractivity contribution is -0.870. The van der Waals surface area contributed by atoms with Crippen LogP contribution in [-0.4, -0.2) is 68.8 Å². The molecular weight excluding hydrogens is 448 g/mol. The minimum absolute atomic E-state index is 0. The smallest absolute Gasteiger partial charge is 0.0940 e. The summed E-state index contributed by atoms with van der Waals surface area (Å²) in [5, 5.41) is 16.3. The number of aliphatic hydroxyl groups excluding tert-OH is 2. The first-order chi connectivity index (χ1) is 14.0. The zero-order valence-corrected chi connectivity index (χ0v) is 22.1. The van der Waals surface area contributed by atoms with Crippen LogP contribution < -0.4 is 22.6 Å². The third-order valence-corrected chi connectivity index (χ3v) is 4.69. The summed E-state index contributed by atoms with van der Waals surface area (Å²) in [6, 6.07) is 0. The largest absolute Gasteiger partial charge is 1.00 e. The molecule has 0 saturated heterocycles. The number of halogens is 1. The minimum Gasteiger partial charge on any atom is -1.00 e. The average Bonchev–Trinajstić information content (AvgIpc) is 2.68. The molecule has 0 atom stereocenters. The van der Waals surface area contributed by atoms with Crippen molar-refractivity contribution in [3.63, 3.8) is 0 Å². The van der Waals surface area contributed by atoms with Gasteiger partial charge in [-0.15, -0.1) is 0 Å². The van der Waals surface area contributed by atoms with Gasteiger partial charge < -0.3 is 31.7 Å². The van der Waals surface area contributed by atoms with Crippen LogP contribution in [0.5, 0.6) is 0 Å². The Balaban J connectivity index is -0.000000616. The van der Waals surface area contributed by atoms with Crippen LogP contribution in [0.4, 0.5) is 0 Å². The molecule has 7 heteroatoms. The Morgan fingerprint density at radius 1 is 0.600 bits per heavy atom. The summed E-state index contributed by atoms with van der Waals surface area (Å²) in [6.07, 6.45) is 20.4. The molecule has 0 aliphatic rings. The van der Waals surface area contributed by atoms with Gasteiger partial charge in [-0.1, -0.05) is 89.6 Å². The lowest BCUT2D eigenvalue weighted by Crippen LogP contribution is -3.00. The van der Waals surface area contributed by atoms with E-state index in [0.717, 1.165) is 4.48 Å². The predicted octanol–water partition coefficient (Wildman–Crippen LogP) is 1.60. The maximum Gasteiger partial charge on any atom is 0.0940 e. The maximum absolute atomic E-state index is 8.15. The third-order valence-electron chi connectivity index (χ3n) is 4.69. The van der Waals surface area contributed by atoms with E-state index in [9.17, 15) is 0 Å². The molecule has 0 spiro atoms. The fraction of sp³-hybridized carbons (Fsp3) is 1.00. The van der Waals surface area contributed by atoms with E-state index in [-0.39, 0.29) is 43.4 Å². The summed E-state index contributed by atoms with van der Waals surface area (Å²) in [5.74, 6) is 0. The number of hydrogen-bond donors (Lipinski definition) is 3. The summed E-state index contributed by atoms with van der Waals surface area (Å²) in [6.45, 7) is 3.85. The van der Waals surface area contributed by atoms with Crippen LogP contribution in [0.2, 0.25) is 0 Å². The van der Waals surface area contributed by atoms with Crippen molar-refractivity contribution in [2.75, 3.05) is 54.1 Å². The molecule has 0 unspecified atom stereocenters. The molecule has 0 fully saturated rings. The molecule has 6 nitrogen and oxygen atoms in total. The van der Waals surface area contributed by atoms with Crippen molar-refractivity contribution in [3.05, 3.63) is 0 Å². The highest BCUT2D eigenvalue weighted by molar-refractivity contribution is 4.49. The van der Waals surface area contributed by atoms with Crippen molar-refractivity contribution in [2.45, 2.75) is 96.8 Å². The van der Waals surface area contributed by atoms with E-state index in [1.165, 1.54) is 96.4 Å². The van der Waals surface area contributed by atoms with Gasteiger partial charge in [-0.3, -0.25) is 9.68 Å². The van der Waals surface area contributed by atoms with E-state index in [2.05, 4.69) is 43.4 Å². The maximum atomic E-state index is 8.15. The Labute approximate surface area is 198 Å². The van der Waals surface area contributed by atoms with Crippen LogP contribution in [0.25, 0.3) is 0 Å². The summed E-state index contributed by atoms with van der Waals surface area (Å²) in [7, 11) is 6.88. The molecule has 0 aromatic rings. The van der Waals surface area contributed by atoms with E-state index in [4.69, 9.17) is 10.2 Å². The number of quaternary nitrogens is 1. The molecule has 0 bridgehead atoms. The molecule has 0 aromatic heterocycles. The van der Waals surface area contributed by atoms with Gasteiger partial charge in [0.25, 0.3) is 0 Å². The van der Waals surface area contributed by atoms with E-state index >= 15 is 0 Å². The number of nitrogens with one attached hydrogen (secondary N) is 1. The number of rotatable bonds is 21. The molecule has 0 saturated carbocycles. The highest BCUT2D eigenvalue weighted by Gasteiger charge is 2.04. The quantitative estimate of drug-likeness (QED) is 0.127. The molecule has 0 rings (SSSR count). The van der Waals surface area contributed by atoms with Crippen molar-refractivity contribution >= 4 is 0 Å². The van der Waals surface area contributed by atoms with Crippen molar-refractivity contribution in [1.29, 1.82) is 0 Å². The van der Waals surface area contributed by atoms with Gasteiger partial charge in [-0.2, -0.15) is 0 Å². The van der Waals surface area contributed by atoms with Gasteiger partial charge in [0.2, 0.25) is 0 Å². The Bertz CT molecular complexity index is 287. The summed E-state index contributed by atoms with van der Waals surface area (Å²) in [4.78, 5) is 8.90. The predicted molar refractivity (Wildman–Crippen MR) is 122 cm³/mol. The number of aliphatic hydroxyl groups is 2. The molecule has 0 aliphatic heterocycles. The van der Waals surface area contributed by atoms with Crippen LogP contribution in [0.15, 0.2) is 0 Å². The van der Waals surface area contributed by atoms with Gasteiger partial charge in [-0.05, 0) is 12.8 Å². The van der Waals surface area contributed by atoms with Crippen molar-refractivity contribution in [3.8, 4) is 0 Å². The van der Waals surface area contributed by atoms with E-state index < -0.39 is 0 Å². The second kappa shape index (κ2) is 29.2. The van der Waals surface area contributed by atoms with Crippen LogP contribution in [0, 0.1) is 0 Å². The van der Waals surface area contributed by atoms with E-state index in [1.807, 2.05) is 0 Å². The first kappa shape index (κ1) is 34.8. The molecule has 186 valence electrons. The van der Waals surface area contributed by atoms with Crippen LogP contribution in [0.3, 0.4) is 0 Å². The molecule has 0 amide bonds. The summed E-state index contributed by atoms with van der Waals surface area (Å²) >= 11 is 0. The number of unbranched alkanes of at least 4 members (excludes halogenated alkanes) is 13. The second-order valence-corrected chi connectivity index (χ2v) is 8.84. The fourth-order valence-electron chi connectivity index (χ4n) is 3.00. The topological polar surface area (TPSA) is 71.0 Å². The lowest BCUT2D eigenvalue weighted by atomic mass is 10.0. The highest BCUT2D eigenvalue weighted by atomic mass is 79.9. The van der Waals surface area contributed by atoms with Gasteiger partial charge in [-0.25, -0.2) is 0 Å². The molecule has 0 heterocycles. The molecule has 3 N–H and O–H groups in total. The normalized spacial score (nSPS) is 11.0. The van der Waals surface area contributed by atoms with Crippen LogP contribution >= 0.6 is 0 Å². The summed E-state index contributed by atoms with van der Waals surface area (Å²) in [5.41, 5.74) is 2.07. The van der Waals surface area contributed by atoms with E-state index in [0.29, 0.717) is 0 Å². The van der Waals surface area contributed by atoms with Crippen molar-refractivity contribution < 1.29 is 41.4 Å². The number of hydrogen-bond acceptors (Lipinski definition) is 5. The SMILES string of the molecule is CCCCCCCCCCCCCCCC[N+](C)(C)C.OCCONOCCO.[Br-]. The Hall–Kier alpha value is 0.240. The fourth-order valence-corrected chi connectivity index (χ4v) is 3.00. The van der Waals surface area contributed by atoms with Gasteiger partial charge in [0.05, 0.1) is 54.1 Å². The molecule has 0 aromatic carbocycles. The van der Waals surface area contributed by atoms with E-state index in [1.54, 1.807) is 0 Å². The molecule has 0 radical (unpaired) electrons. The van der Waals surface area contributed by atoms with Crippen molar-refractivity contribution in [1.82, 2.24) is 5.64 Å². The first-order valence-electron chi connectivity index (χ1n) is 12.0. The molecular formula is C23H53BrN2O4. The standard InChI is InChI=1S/C19H42N.C4H11NO4.BrH/c1-5-6-7-8-9-10-11-12-13-14-15-16-17-18-19-20(2,3)4;6-1-3-8-5-9-4-2-7;/h5-19H2,1-4H3;5-7H,1-4H2;1H/q+1;;/p-1. The van der Waals surface area contributed by atoms with Crippen LogP contribution in [-0.2, 0) is 9.68 Å². The number of nitrogens with zero attached hydrogens (tertiary/aromatic N) is 1. The van der Waals surface area contributed by atoms with Gasteiger partial charge >= 0.3 is 0 Å². The van der Waals surface area contributed by atoms with Gasteiger partial charge in [0, 0.05) is 0 Å². The minimum atomic E-state index is -0.0600. The second-order valence-electron chi connectivity index (χ2n) is 8.84. The van der Waals surface area contributed by atoms with Gasteiger partial charge in [0.1, 0.15) is 0 Å². The third kappa shape index (κ3) is 38.8. The zero-order valence-electron chi connectivity index (χ0n) is 20.5. The lowest BCUT2D eigenvalue weighted by Gasteiger charge is -2.23. The zero-order chi connectivity index (χ0) is 22.1. The first-order valence-corrected chi connectivity index (χ1v) is 12.0. The Morgan fingerprint density at radius 3 is 1.23 bits per heavy atom. The molecule has 0 aliphatic carbocycles. The molecule has 30 heavy (non-hydrogen) atoms.